The number of rotatable bonds is 6. The van der Waals surface area contributed by atoms with Gasteiger partial charge >= 0.3 is 0 Å². The molecule has 0 bridgehead atoms. The standard InChI is InChI=1S/C19H19BrN4O2S/c1-12-3-6-14(7-4-12)24-17(10-25)22-23-19(24)27-11-18(26)21-16-8-5-13(2)9-15(16)20/h3-9,25H,10-11H2,1-2H3,(H,21,26). The van der Waals surface area contributed by atoms with Crippen LogP contribution in [0.25, 0.3) is 5.69 Å². The Morgan fingerprint density at radius 2 is 1.85 bits per heavy atom. The second kappa shape index (κ2) is 8.69. The highest BCUT2D eigenvalue weighted by molar-refractivity contribution is 9.10. The third kappa shape index (κ3) is 4.77. The predicted octanol–water partition coefficient (Wildman–Crippen LogP) is 3.87. The Morgan fingerprint density at radius 1 is 1.15 bits per heavy atom. The van der Waals surface area contributed by atoms with Crippen molar-refractivity contribution in [2.75, 3.05) is 11.1 Å². The number of halogens is 1. The van der Waals surface area contributed by atoms with Crippen molar-refractivity contribution in [1.82, 2.24) is 14.8 Å². The van der Waals surface area contributed by atoms with Gasteiger partial charge in [-0.1, -0.05) is 35.5 Å². The van der Waals surface area contributed by atoms with Gasteiger partial charge < -0.3 is 10.4 Å². The number of anilines is 1. The molecule has 0 saturated carbocycles. The minimum absolute atomic E-state index is 0.145. The van der Waals surface area contributed by atoms with Crippen LogP contribution in [-0.4, -0.2) is 31.5 Å². The molecule has 6 nitrogen and oxygen atoms in total. The summed E-state index contributed by atoms with van der Waals surface area (Å²) in [5.74, 6) is 0.465. The quantitative estimate of drug-likeness (QED) is 0.561. The van der Waals surface area contributed by atoms with Crippen molar-refractivity contribution in [2.45, 2.75) is 25.6 Å². The van der Waals surface area contributed by atoms with Crippen LogP contribution < -0.4 is 5.32 Å². The summed E-state index contributed by atoms with van der Waals surface area (Å²) in [7, 11) is 0. The van der Waals surface area contributed by atoms with E-state index in [0.29, 0.717) is 11.0 Å². The lowest BCUT2D eigenvalue weighted by atomic mass is 10.2. The molecule has 3 aromatic rings. The molecule has 8 heteroatoms. The number of nitrogens with zero attached hydrogens (tertiary/aromatic N) is 3. The van der Waals surface area contributed by atoms with E-state index < -0.39 is 0 Å². The molecular formula is C19H19BrN4O2S. The number of amides is 1. The molecule has 0 aliphatic carbocycles. The van der Waals surface area contributed by atoms with Gasteiger partial charge in [0.05, 0.1) is 11.4 Å². The number of aryl methyl sites for hydroxylation is 2. The number of aliphatic hydroxyl groups excluding tert-OH is 1. The van der Waals surface area contributed by atoms with Gasteiger partial charge in [0, 0.05) is 10.2 Å². The van der Waals surface area contributed by atoms with E-state index in [0.717, 1.165) is 27.0 Å². The summed E-state index contributed by atoms with van der Waals surface area (Å²) in [5.41, 5.74) is 3.81. The van der Waals surface area contributed by atoms with Crippen LogP contribution in [-0.2, 0) is 11.4 Å². The first-order valence-corrected chi connectivity index (χ1v) is 10.1. The second-order valence-electron chi connectivity index (χ2n) is 6.05. The summed E-state index contributed by atoms with van der Waals surface area (Å²) in [4.78, 5) is 12.3. The topological polar surface area (TPSA) is 80.0 Å². The fourth-order valence-electron chi connectivity index (χ4n) is 2.49. The zero-order chi connectivity index (χ0) is 19.4. The first-order valence-electron chi connectivity index (χ1n) is 8.29. The number of thioether (sulfide) groups is 1. The Kier molecular flexibility index (Phi) is 6.30. The van der Waals surface area contributed by atoms with Crippen LogP contribution in [0.3, 0.4) is 0 Å². The maximum atomic E-state index is 12.3. The van der Waals surface area contributed by atoms with E-state index in [1.54, 1.807) is 4.57 Å². The van der Waals surface area contributed by atoms with Crippen LogP contribution in [0.2, 0.25) is 0 Å². The lowest BCUT2D eigenvalue weighted by Crippen LogP contribution is -2.15. The molecule has 0 fully saturated rings. The molecule has 0 atom stereocenters. The van der Waals surface area contributed by atoms with Gasteiger partial charge in [-0.2, -0.15) is 0 Å². The molecular weight excluding hydrogens is 428 g/mol. The van der Waals surface area contributed by atoms with Gasteiger partial charge in [0.25, 0.3) is 0 Å². The third-order valence-corrected chi connectivity index (χ3v) is 5.45. The molecule has 140 valence electrons. The zero-order valence-corrected chi connectivity index (χ0v) is 17.3. The Labute approximate surface area is 170 Å². The van der Waals surface area contributed by atoms with Gasteiger partial charge in [-0.3, -0.25) is 9.36 Å². The molecule has 3 rings (SSSR count). The number of aliphatic hydroxyl groups is 1. The van der Waals surface area contributed by atoms with Crippen molar-refractivity contribution in [3.05, 3.63) is 63.9 Å². The number of aromatic nitrogens is 3. The van der Waals surface area contributed by atoms with E-state index in [9.17, 15) is 9.90 Å². The highest BCUT2D eigenvalue weighted by Gasteiger charge is 2.15. The largest absolute Gasteiger partial charge is 0.388 e. The van der Waals surface area contributed by atoms with Crippen molar-refractivity contribution >= 4 is 39.3 Å². The lowest BCUT2D eigenvalue weighted by Gasteiger charge is -2.10. The molecule has 0 aliphatic rings. The lowest BCUT2D eigenvalue weighted by molar-refractivity contribution is -0.113. The van der Waals surface area contributed by atoms with Crippen molar-refractivity contribution in [3.8, 4) is 5.69 Å². The van der Waals surface area contributed by atoms with E-state index in [4.69, 9.17) is 0 Å². The number of benzene rings is 2. The molecule has 27 heavy (non-hydrogen) atoms. The average molecular weight is 447 g/mol. The monoisotopic (exact) mass is 446 g/mol. The number of hydrogen-bond acceptors (Lipinski definition) is 5. The summed E-state index contributed by atoms with van der Waals surface area (Å²) < 4.78 is 2.60. The molecule has 2 aromatic carbocycles. The number of carbonyl (C=O) groups excluding carboxylic acids is 1. The van der Waals surface area contributed by atoms with E-state index in [-0.39, 0.29) is 18.3 Å². The first-order chi connectivity index (χ1) is 13.0. The van der Waals surface area contributed by atoms with Crippen LogP contribution >= 0.6 is 27.7 Å². The van der Waals surface area contributed by atoms with Crippen molar-refractivity contribution in [2.24, 2.45) is 0 Å². The smallest absolute Gasteiger partial charge is 0.234 e. The van der Waals surface area contributed by atoms with Crippen LogP contribution in [0, 0.1) is 13.8 Å². The van der Waals surface area contributed by atoms with Gasteiger partial charge in [-0.05, 0) is 59.6 Å². The van der Waals surface area contributed by atoms with Crippen LogP contribution in [0.4, 0.5) is 5.69 Å². The third-order valence-electron chi connectivity index (χ3n) is 3.87. The van der Waals surface area contributed by atoms with E-state index in [1.807, 2.05) is 56.3 Å². The minimum Gasteiger partial charge on any atom is -0.388 e. The normalized spacial score (nSPS) is 10.8. The maximum Gasteiger partial charge on any atom is 0.234 e. The SMILES string of the molecule is Cc1ccc(-n2c(CO)nnc2SCC(=O)Nc2ccc(C)cc2Br)cc1. The number of hydrogen-bond donors (Lipinski definition) is 2. The summed E-state index contributed by atoms with van der Waals surface area (Å²) in [6.07, 6.45) is 0. The number of carbonyl (C=O) groups is 1. The van der Waals surface area contributed by atoms with Crippen LogP contribution in [0.5, 0.6) is 0 Å². The molecule has 1 aromatic heterocycles. The van der Waals surface area contributed by atoms with E-state index in [2.05, 4.69) is 31.4 Å². The van der Waals surface area contributed by atoms with Gasteiger partial charge in [0.1, 0.15) is 6.61 Å². The van der Waals surface area contributed by atoms with Crippen molar-refractivity contribution in [3.63, 3.8) is 0 Å². The summed E-state index contributed by atoms with van der Waals surface area (Å²) in [5, 5.41) is 21.1. The molecule has 2 N–H and O–H groups in total. The predicted molar refractivity (Wildman–Crippen MR) is 110 cm³/mol. The Bertz CT molecular complexity index is 957. The molecule has 1 heterocycles. The van der Waals surface area contributed by atoms with E-state index in [1.165, 1.54) is 11.8 Å². The molecule has 0 unspecified atom stereocenters. The minimum atomic E-state index is -0.232. The summed E-state index contributed by atoms with van der Waals surface area (Å²) >= 11 is 4.73. The molecule has 1 amide bonds. The molecule has 0 aliphatic heterocycles. The fourth-order valence-corrected chi connectivity index (χ4v) is 3.85. The summed E-state index contributed by atoms with van der Waals surface area (Å²) in [6.45, 7) is 3.76. The zero-order valence-electron chi connectivity index (χ0n) is 14.9. The second-order valence-corrected chi connectivity index (χ2v) is 7.84. The van der Waals surface area contributed by atoms with Crippen LogP contribution in [0.15, 0.2) is 52.1 Å². The van der Waals surface area contributed by atoms with Gasteiger partial charge in [-0.15, -0.1) is 10.2 Å². The van der Waals surface area contributed by atoms with Gasteiger partial charge in [0.15, 0.2) is 11.0 Å². The van der Waals surface area contributed by atoms with Gasteiger partial charge in [-0.25, -0.2) is 0 Å². The van der Waals surface area contributed by atoms with Crippen LogP contribution in [0.1, 0.15) is 17.0 Å². The summed E-state index contributed by atoms with van der Waals surface area (Å²) in [6, 6.07) is 13.6. The van der Waals surface area contributed by atoms with Crippen molar-refractivity contribution < 1.29 is 9.90 Å². The highest BCUT2D eigenvalue weighted by Crippen LogP contribution is 2.25. The maximum absolute atomic E-state index is 12.3. The van der Waals surface area contributed by atoms with Gasteiger partial charge in [0.2, 0.25) is 5.91 Å². The number of nitrogens with one attached hydrogen (secondary N) is 1. The molecule has 0 saturated heterocycles. The van der Waals surface area contributed by atoms with E-state index >= 15 is 0 Å². The molecule has 0 radical (unpaired) electrons. The fraction of sp³-hybridized carbons (Fsp3) is 0.211. The Balaban J connectivity index is 1.73. The highest BCUT2D eigenvalue weighted by atomic mass is 79.9. The van der Waals surface area contributed by atoms with Crippen molar-refractivity contribution in [1.29, 1.82) is 0 Å². The molecule has 0 spiro atoms. The first kappa shape index (κ1) is 19.6. The average Bonchev–Trinajstić information content (AvgIpc) is 3.06. The Hall–Kier alpha value is -2.16. The Morgan fingerprint density at radius 3 is 2.52 bits per heavy atom.